The van der Waals surface area contributed by atoms with E-state index in [9.17, 15) is 13.2 Å². The fourth-order valence-corrected chi connectivity index (χ4v) is 2.35. The van der Waals surface area contributed by atoms with Crippen LogP contribution in [-0.2, 0) is 4.74 Å². The Morgan fingerprint density at radius 2 is 1.79 bits per heavy atom. The molecule has 0 heterocycles. The summed E-state index contributed by atoms with van der Waals surface area (Å²) in [6.07, 6.45) is 1.07. The summed E-state index contributed by atoms with van der Waals surface area (Å²) >= 11 is 0. The molecule has 19 heavy (non-hydrogen) atoms. The lowest BCUT2D eigenvalue weighted by atomic mass is 9.84. The van der Waals surface area contributed by atoms with Crippen LogP contribution in [0.2, 0.25) is 0 Å². The minimum Gasteiger partial charge on any atom is -0.376 e. The van der Waals surface area contributed by atoms with Crippen LogP contribution in [0.25, 0.3) is 0 Å². The number of rotatable bonds is 6. The molecule has 0 saturated heterocycles. The summed E-state index contributed by atoms with van der Waals surface area (Å²) in [4.78, 5) is 0. The summed E-state index contributed by atoms with van der Waals surface area (Å²) in [5.74, 6) is 1.48. The van der Waals surface area contributed by atoms with Gasteiger partial charge in [0.1, 0.15) is 0 Å². The van der Waals surface area contributed by atoms with E-state index in [0.717, 1.165) is 6.07 Å². The lowest BCUT2D eigenvalue weighted by Gasteiger charge is -2.38. The van der Waals surface area contributed by atoms with Crippen LogP contribution < -0.4 is 11.3 Å². The largest absolute Gasteiger partial charge is 0.376 e. The second kappa shape index (κ2) is 6.36. The Kier molecular flexibility index (Phi) is 5.34. The molecule has 0 aromatic heterocycles. The van der Waals surface area contributed by atoms with Crippen molar-refractivity contribution in [1.82, 2.24) is 5.43 Å². The maximum Gasteiger partial charge on any atom is 0.194 e. The molecular weight excluding hydrogens is 257 g/mol. The molecule has 0 amide bonds. The van der Waals surface area contributed by atoms with Gasteiger partial charge in [0.15, 0.2) is 17.5 Å². The van der Waals surface area contributed by atoms with E-state index >= 15 is 0 Å². The van der Waals surface area contributed by atoms with Gasteiger partial charge in [0.05, 0.1) is 11.6 Å². The van der Waals surface area contributed by atoms with E-state index in [-0.39, 0.29) is 5.56 Å². The Bertz CT molecular complexity index is 428. The number of nitrogens with one attached hydrogen (secondary N) is 1. The highest BCUT2D eigenvalue weighted by Crippen LogP contribution is 2.36. The molecule has 0 saturated carbocycles. The third-order valence-electron chi connectivity index (χ3n) is 3.67. The van der Waals surface area contributed by atoms with Crippen molar-refractivity contribution >= 4 is 0 Å². The van der Waals surface area contributed by atoms with Gasteiger partial charge >= 0.3 is 0 Å². The van der Waals surface area contributed by atoms with Crippen molar-refractivity contribution < 1.29 is 17.9 Å². The van der Waals surface area contributed by atoms with E-state index in [0.29, 0.717) is 12.8 Å². The van der Waals surface area contributed by atoms with E-state index < -0.39 is 29.1 Å². The summed E-state index contributed by atoms with van der Waals surface area (Å²) in [6.45, 7) is 3.71. The molecule has 0 aliphatic carbocycles. The van der Waals surface area contributed by atoms with Crippen molar-refractivity contribution in [2.45, 2.75) is 38.3 Å². The van der Waals surface area contributed by atoms with Gasteiger partial charge in [0.25, 0.3) is 0 Å². The monoisotopic (exact) mass is 276 g/mol. The van der Waals surface area contributed by atoms with Crippen LogP contribution in [0, 0.1) is 17.5 Å². The average Bonchev–Trinajstić information content (AvgIpc) is 2.44. The second-order valence-electron chi connectivity index (χ2n) is 4.34. The Morgan fingerprint density at radius 3 is 2.21 bits per heavy atom. The molecule has 0 spiro atoms. The summed E-state index contributed by atoms with van der Waals surface area (Å²) in [5, 5.41) is 0. The van der Waals surface area contributed by atoms with Gasteiger partial charge in [-0.05, 0) is 18.9 Å². The predicted molar refractivity (Wildman–Crippen MR) is 66.7 cm³/mol. The van der Waals surface area contributed by atoms with Gasteiger partial charge in [0.2, 0.25) is 0 Å². The van der Waals surface area contributed by atoms with E-state index in [1.54, 1.807) is 0 Å². The first-order valence-corrected chi connectivity index (χ1v) is 6.12. The van der Waals surface area contributed by atoms with Gasteiger partial charge in [-0.25, -0.2) is 18.6 Å². The van der Waals surface area contributed by atoms with Gasteiger partial charge < -0.3 is 4.74 Å². The van der Waals surface area contributed by atoms with Crippen molar-refractivity contribution in [3.63, 3.8) is 0 Å². The number of ether oxygens (including phenoxy) is 1. The van der Waals surface area contributed by atoms with Crippen LogP contribution in [0.3, 0.4) is 0 Å². The van der Waals surface area contributed by atoms with Crippen LogP contribution in [0.4, 0.5) is 13.2 Å². The number of hydrogen-bond donors (Lipinski definition) is 2. The van der Waals surface area contributed by atoms with E-state index in [4.69, 9.17) is 10.6 Å². The van der Waals surface area contributed by atoms with Gasteiger partial charge in [-0.15, -0.1) is 0 Å². The highest BCUT2D eigenvalue weighted by atomic mass is 19.2. The van der Waals surface area contributed by atoms with Crippen LogP contribution in [-0.4, -0.2) is 12.7 Å². The predicted octanol–water partition coefficient (Wildman–Crippen LogP) is 2.81. The molecule has 0 fully saturated rings. The topological polar surface area (TPSA) is 47.3 Å². The molecule has 108 valence electrons. The van der Waals surface area contributed by atoms with Crippen LogP contribution in [0.1, 0.15) is 38.3 Å². The lowest BCUT2D eigenvalue weighted by molar-refractivity contribution is -0.0496. The summed E-state index contributed by atoms with van der Waals surface area (Å²) in [5.41, 5.74) is 1.60. The SMILES string of the molecule is CCC(CC)(OC)C(NN)c1ccc(F)c(F)c1F. The minimum atomic E-state index is -1.50. The molecule has 1 rings (SSSR count). The summed E-state index contributed by atoms with van der Waals surface area (Å²) in [6, 6.07) is 1.28. The summed E-state index contributed by atoms with van der Waals surface area (Å²) in [7, 11) is 1.48. The Hall–Kier alpha value is -1.11. The van der Waals surface area contributed by atoms with Crippen LogP contribution in [0.5, 0.6) is 0 Å². The zero-order valence-electron chi connectivity index (χ0n) is 11.3. The molecular formula is C13H19F3N2O. The van der Waals surface area contributed by atoms with E-state index in [1.807, 2.05) is 13.8 Å². The first-order chi connectivity index (χ1) is 8.97. The lowest BCUT2D eigenvalue weighted by Crippen LogP contribution is -2.47. The van der Waals surface area contributed by atoms with Crippen molar-refractivity contribution in [3.05, 3.63) is 35.1 Å². The average molecular weight is 276 g/mol. The zero-order valence-corrected chi connectivity index (χ0v) is 11.3. The third kappa shape index (κ3) is 2.75. The van der Waals surface area contributed by atoms with Gasteiger partial charge in [-0.3, -0.25) is 5.84 Å². The number of methoxy groups -OCH3 is 1. The maximum atomic E-state index is 13.9. The highest BCUT2D eigenvalue weighted by Gasteiger charge is 2.38. The van der Waals surface area contributed by atoms with Crippen LogP contribution in [0.15, 0.2) is 12.1 Å². The summed E-state index contributed by atoms with van der Waals surface area (Å²) < 4.78 is 45.6. The van der Waals surface area contributed by atoms with E-state index in [2.05, 4.69) is 5.43 Å². The molecule has 1 aromatic rings. The van der Waals surface area contributed by atoms with E-state index in [1.165, 1.54) is 13.2 Å². The smallest absolute Gasteiger partial charge is 0.194 e. The normalized spacial score (nSPS) is 13.6. The quantitative estimate of drug-likeness (QED) is 0.477. The number of nitrogens with two attached hydrogens (primary N) is 1. The maximum absolute atomic E-state index is 13.9. The number of benzene rings is 1. The third-order valence-corrected chi connectivity index (χ3v) is 3.67. The Morgan fingerprint density at radius 1 is 1.21 bits per heavy atom. The molecule has 0 aliphatic heterocycles. The Balaban J connectivity index is 3.35. The molecule has 0 radical (unpaired) electrons. The number of hydrogen-bond acceptors (Lipinski definition) is 3. The minimum absolute atomic E-state index is 0.0491. The van der Waals surface area contributed by atoms with Gasteiger partial charge in [-0.2, -0.15) is 0 Å². The highest BCUT2D eigenvalue weighted by molar-refractivity contribution is 5.26. The van der Waals surface area contributed by atoms with Gasteiger partial charge in [0, 0.05) is 12.7 Å². The molecule has 3 N–H and O–H groups in total. The molecule has 3 nitrogen and oxygen atoms in total. The number of hydrazine groups is 1. The molecule has 1 aromatic carbocycles. The fourth-order valence-electron chi connectivity index (χ4n) is 2.35. The van der Waals surface area contributed by atoms with Crippen molar-refractivity contribution in [1.29, 1.82) is 0 Å². The second-order valence-corrected chi connectivity index (χ2v) is 4.34. The zero-order chi connectivity index (χ0) is 14.6. The first kappa shape index (κ1) is 15.9. The molecule has 1 atom stereocenters. The van der Waals surface area contributed by atoms with Crippen molar-refractivity contribution in [2.24, 2.45) is 5.84 Å². The number of halogens is 3. The molecule has 6 heteroatoms. The van der Waals surface area contributed by atoms with Crippen LogP contribution >= 0.6 is 0 Å². The standard InChI is InChI=1S/C13H19F3N2O/c1-4-13(5-2,19-3)12(18-17)8-6-7-9(14)11(16)10(8)15/h6-7,12,18H,4-5,17H2,1-3H3. The molecule has 0 aliphatic rings. The molecule has 1 unspecified atom stereocenters. The molecule has 0 bridgehead atoms. The fraction of sp³-hybridized carbons (Fsp3) is 0.538. The van der Waals surface area contributed by atoms with Gasteiger partial charge in [-0.1, -0.05) is 19.9 Å². The Labute approximate surface area is 110 Å². The van der Waals surface area contributed by atoms with Crippen molar-refractivity contribution in [2.75, 3.05) is 7.11 Å². The van der Waals surface area contributed by atoms with Crippen molar-refractivity contribution in [3.8, 4) is 0 Å². The first-order valence-electron chi connectivity index (χ1n) is 6.12.